The molecule has 0 aliphatic carbocycles. The summed E-state index contributed by atoms with van der Waals surface area (Å²) >= 11 is 1.09. The quantitative estimate of drug-likeness (QED) is 0.434. The van der Waals surface area contributed by atoms with E-state index >= 15 is 0 Å². The van der Waals surface area contributed by atoms with Gasteiger partial charge in [0.1, 0.15) is 5.75 Å². The molecule has 0 saturated carbocycles. The van der Waals surface area contributed by atoms with Crippen molar-refractivity contribution in [3.05, 3.63) is 56.6 Å². The molecule has 1 heterocycles. The second kappa shape index (κ2) is 7.82. The van der Waals surface area contributed by atoms with Crippen molar-refractivity contribution in [1.29, 1.82) is 0 Å². The van der Waals surface area contributed by atoms with Gasteiger partial charge >= 0.3 is 0 Å². The van der Waals surface area contributed by atoms with E-state index < -0.39 is 9.85 Å². The van der Waals surface area contributed by atoms with Crippen LogP contribution < -0.4 is 4.74 Å². The van der Waals surface area contributed by atoms with Crippen molar-refractivity contribution in [1.82, 2.24) is 14.5 Å². The molecule has 3 rings (SSSR count). The normalized spacial score (nSPS) is 11.1. The highest BCUT2D eigenvalue weighted by molar-refractivity contribution is 7.99. The van der Waals surface area contributed by atoms with Crippen LogP contribution in [0.15, 0.2) is 46.5 Å². The van der Waals surface area contributed by atoms with Crippen LogP contribution in [0.1, 0.15) is 0 Å². The molecule has 2 aromatic carbocycles. The number of fused-ring (bicyclic) bond motifs is 1. The van der Waals surface area contributed by atoms with Crippen LogP contribution in [-0.4, -0.2) is 45.5 Å². The molecule has 0 aliphatic heterocycles. The Morgan fingerprint density at radius 2 is 1.89 bits per heavy atom. The van der Waals surface area contributed by atoms with E-state index in [2.05, 4.69) is 4.98 Å². The fourth-order valence-corrected chi connectivity index (χ4v) is 3.63. The number of aromatic nitrogens is 2. The van der Waals surface area contributed by atoms with Crippen molar-refractivity contribution in [3.8, 4) is 5.75 Å². The molecular weight excluding hydrogens is 386 g/mol. The van der Waals surface area contributed by atoms with Gasteiger partial charge in [0.05, 0.1) is 45.6 Å². The lowest BCUT2D eigenvalue weighted by atomic mass is 10.3. The van der Waals surface area contributed by atoms with Gasteiger partial charge in [0.15, 0.2) is 5.16 Å². The van der Waals surface area contributed by atoms with Gasteiger partial charge in [-0.1, -0.05) is 0 Å². The summed E-state index contributed by atoms with van der Waals surface area (Å²) in [4.78, 5) is 27.9. The fraction of sp³-hybridized carbons (Fsp3) is 0.235. The maximum atomic E-state index is 11.4. The van der Waals surface area contributed by atoms with Gasteiger partial charge in [-0.05, 0) is 44.1 Å². The van der Waals surface area contributed by atoms with Crippen LogP contribution in [0.25, 0.3) is 11.0 Å². The molecule has 3 aromatic rings. The zero-order valence-electron chi connectivity index (χ0n) is 15.4. The minimum atomic E-state index is -0.658. The Bertz CT molecular complexity index is 1070. The van der Waals surface area contributed by atoms with Crippen molar-refractivity contribution < 1.29 is 14.6 Å². The molecule has 28 heavy (non-hydrogen) atoms. The summed E-state index contributed by atoms with van der Waals surface area (Å²) in [5, 5.41) is 22.9. The minimum absolute atomic E-state index is 0.276. The minimum Gasteiger partial charge on any atom is -0.497 e. The lowest BCUT2D eigenvalue weighted by Gasteiger charge is -2.14. The van der Waals surface area contributed by atoms with Crippen LogP contribution in [0.3, 0.4) is 0 Å². The number of imidazole rings is 1. The van der Waals surface area contributed by atoms with Crippen molar-refractivity contribution in [3.63, 3.8) is 0 Å². The zero-order chi connectivity index (χ0) is 20.4. The molecule has 11 heteroatoms. The molecule has 0 saturated heterocycles. The highest BCUT2D eigenvalue weighted by Gasteiger charge is 2.23. The predicted octanol–water partition coefficient (Wildman–Crippen LogP) is 3.53. The van der Waals surface area contributed by atoms with E-state index in [-0.39, 0.29) is 16.3 Å². The number of nitrogens with zero attached hydrogens (tertiary/aromatic N) is 5. The first-order valence-electron chi connectivity index (χ1n) is 8.10. The molecule has 0 amide bonds. The topological polar surface area (TPSA) is 117 Å². The van der Waals surface area contributed by atoms with Crippen LogP contribution >= 0.6 is 11.8 Å². The van der Waals surface area contributed by atoms with E-state index in [1.165, 1.54) is 12.1 Å². The highest BCUT2D eigenvalue weighted by Crippen LogP contribution is 2.38. The fourth-order valence-electron chi connectivity index (χ4n) is 2.65. The van der Waals surface area contributed by atoms with Crippen molar-refractivity contribution >= 4 is 34.2 Å². The molecular formula is C17H17N5O5S. The number of hydrogen-bond acceptors (Lipinski definition) is 8. The molecule has 0 fully saturated rings. The average Bonchev–Trinajstić information content (AvgIpc) is 2.97. The van der Waals surface area contributed by atoms with Crippen LogP contribution in [-0.2, 0) is 6.67 Å². The summed E-state index contributed by atoms with van der Waals surface area (Å²) in [6.07, 6.45) is 0. The average molecular weight is 403 g/mol. The zero-order valence-corrected chi connectivity index (χ0v) is 16.2. The number of non-ortho nitro benzene ring substituents is 1. The summed E-state index contributed by atoms with van der Waals surface area (Å²) in [6.45, 7) is 0.493. The Labute approximate surface area is 164 Å². The number of hydrogen-bond donors (Lipinski definition) is 0. The van der Waals surface area contributed by atoms with Crippen LogP contribution in [0.5, 0.6) is 5.75 Å². The van der Waals surface area contributed by atoms with E-state index in [0.717, 1.165) is 28.9 Å². The van der Waals surface area contributed by atoms with E-state index in [0.29, 0.717) is 17.6 Å². The number of nitro groups is 2. The van der Waals surface area contributed by atoms with E-state index in [4.69, 9.17) is 4.74 Å². The van der Waals surface area contributed by atoms with Crippen LogP contribution in [0.4, 0.5) is 11.4 Å². The highest BCUT2D eigenvalue weighted by atomic mass is 32.2. The standard InChI is InChI=1S/C17H17N5O5S/c1-19(2)10-20-14-9-12(27-3)5-6-13(14)18-17(20)28-16-7-4-11(21(23)24)8-15(16)22(25)26/h4-9H,10H2,1-3H3. The third-order valence-electron chi connectivity index (χ3n) is 3.90. The summed E-state index contributed by atoms with van der Waals surface area (Å²) < 4.78 is 7.19. The lowest BCUT2D eigenvalue weighted by molar-refractivity contribution is -0.396. The summed E-state index contributed by atoms with van der Waals surface area (Å²) in [6, 6.07) is 9.04. The summed E-state index contributed by atoms with van der Waals surface area (Å²) in [7, 11) is 5.37. The van der Waals surface area contributed by atoms with Crippen LogP contribution in [0, 0.1) is 20.2 Å². The monoisotopic (exact) mass is 403 g/mol. The third kappa shape index (κ3) is 3.89. The summed E-state index contributed by atoms with van der Waals surface area (Å²) in [5.41, 5.74) is 0.873. The smallest absolute Gasteiger partial charge is 0.290 e. The Morgan fingerprint density at radius 3 is 2.50 bits per heavy atom. The van der Waals surface area contributed by atoms with Crippen molar-refractivity contribution in [2.24, 2.45) is 0 Å². The van der Waals surface area contributed by atoms with Gasteiger partial charge in [-0.2, -0.15) is 0 Å². The Morgan fingerprint density at radius 1 is 1.14 bits per heavy atom. The number of benzene rings is 2. The second-order valence-electron chi connectivity index (χ2n) is 6.17. The first-order chi connectivity index (χ1) is 13.3. The number of rotatable bonds is 7. The SMILES string of the molecule is COc1ccc2nc(Sc3ccc([N+](=O)[O-])cc3[N+](=O)[O-])n(CN(C)C)c2c1. The maximum absolute atomic E-state index is 11.4. The second-order valence-corrected chi connectivity index (χ2v) is 7.18. The number of nitro benzene ring substituents is 2. The largest absolute Gasteiger partial charge is 0.497 e. The summed E-state index contributed by atoms with van der Waals surface area (Å²) in [5.74, 6) is 0.672. The van der Waals surface area contributed by atoms with Gasteiger partial charge in [0.25, 0.3) is 11.4 Å². The molecule has 0 bridgehead atoms. The van der Waals surface area contributed by atoms with Gasteiger partial charge in [0.2, 0.25) is 0 Å². The van der Waals surface area contributed by atoms with Gasteiger partial charge in [-0.25, -0.2) is 4.98 Å². The van der Waals surface area contributed by atoms with E-state index in [1.54, 1.807) is 13.2 Å². The van der Waals surface area contributed by atoms with Crippen LogP contribution in [0.2, 0.25) is 0 Å². The molecule has 0 spiro atoms. The van der Waals surface area contributed by atoms with E-state index in [1.807, 2.05) is 35.7 Å². The molecule has 10 nitrogen and oxygen atoms in total. The Balaban J connectivity index is 2.11. The molecule has 0 atom stereocenters. The first kappa shape index (κ1) is 19.6. The molecule has 146 valence electrons. The van der Waals surface area contributed by atoms with Gasteiger partial charge < -0.3 is 9.30 Å². The van der Waals surface area contributed by atoms with Gasteiger partial charge in [0, 0.05) is 12.1 Å². The molecule has 0 radical (unpaired) electrons. The number of methoxy groups -OCH3 is 1. The van der Waals surface area contributed by atoms with Crippen molar-refractivity contribution in [2.75, 3.05) is 21.2 Å². The number of ether oxygens (including phenoxy) is 1. The Hall–Kier alpha value is -3.18. The van der Waals surface area contributed by atoms with Gasteiger partial charge in [-0.3, -0.25) is 25.1 Å². The van der Waals surface area contributed by atoms with Gasteiger partial charge in [-0.15, -0.1) is 0 Å². The van der Waals surface area contributed by atoms with E-state index in [9.17, 15) is 20.2 Å². The molecule has 0 aliphatic rings. The maximum Gasteiger partial charge on any atom is 0.290 e. The molecule has 1 aromatic heterocycles. The molecule has 0 unspecified atom stereocenters. The first-order valence-corrected chi connectivity index (χ1v) is 8.91. The molecule has 0 N–H and O–H groups in total. The van der Waals surface area contributed by atoms with Crippen molar-refractivity contribution in [2.45, 2.75) is 16.7 Å². The Kier molecular flexibility index (Phi) is 5.47. The lowest BCUT2D eigenvalue weighted by Crippen LogP contribution is -2.17. The predicted molar refractivity (Wildman–Crippen MR) is 104 cm³/mol. The third-order valence-corrected chi connectivity index (χ3v) is 4.96.